The van der Waals surface area contributed by atoms with E-state index in [1.807, 2.05) is 42.8 Å². The van der Waals surface area contributed by atoms with Crippen LogP contribution in [0.3, 0.4) is 0 Å². The average molecular weight is 884 g/mol. The van der Waals surface area contributed by atoms with Crippen molar-refractivity contribution in [3.8, 4) is 46.7 Å². The quantitative estimate of drug-likeness (QED) is 0.0413. The fourth-order valence-electron chi connectivity index (χ4n) is 6.80. The molecule has 0 aliphatic carbocycles. The Labute approximate surface area is 377 Å². The number of carboxylic acids is 1. The number of aryl methyl sites for hydroxylation is 2. The van der Waals surface area contributed by atoms with Crippen molar-refractivity contribution in [3.05, 3.63) is 108 Å². The van der Waals surface area contributed by atoms with Crippen molar-refractivity contribution >= 4 is 68.0 Å². The van der Waals surface area contributed by atoms with Crippen molar-refractivity contribution in [2.75, 3.05) is 20.1 Å². The number of carboxylic acid groups (broad SMARTS) is 1. The number of nitrogens with zero attached hydrogens (tertiary/aromatic N) is 2. The minimum Gasteiger partial charge on any atom is -0.472 e. The van der Waals surface area contributed by atoms with Crippen molar-refractivity contribution in [2.24, 2.45) is 5.73 Å². The topological polar surface area (TPSA) is 175 Å². The smallest absolute Gasteiger partial charge is 0.382 e. The second-order valence-electron chi connectivity index (χ2n) is 14.7. The van der Waals surface area contributed by atoms with Gasteiger partial charge in [-0.1, -0.05) is 42.7 Å². The molecule has 12 nitrogen and oxygen atoms in total. The number of nitrogens with two attached hydrogens (primary N) is 1. The van der Waals surface area contributed by atoms with E-state index < -0.39 is 5.97 Å². The molecule has 6 aromatic rings. The molecule has 2 aliphatic rings. The van der Waals surface area contributed by atoms with E-state index in [4.69, 9.17) is 54.2 Å². The zero-order chi connectivity index (χ0) is 44.2. The van der Waals surface area contributed by atoms with Crippen LogP contribution in [0.25, 0.3) is 22.1 Å². The van der Waals surface area contributed by atoms with E-state index in [2.05, 4.69) is 62.0 Å². The Bertz CT molecular complexity index is 2670. The predicted octanol–water partition coefficient (Wildman–Crippen LogP) is 9.01. The zero-order valence-electron chi connectivity index (χ0n) is 34.9. The van der Waals surface area contributed by atoms with Crippen LogP contribution in [0, 0.1) is 23.7 Å². The molecule has 0 bridgehead atoms. The number of unbranched alkanes of at least 4 members (excludes halogenated alkanes) is 3. The third-order valence-electron chi connectivity index (χ3n) is 10.1. The van der Waals surface area contributed by atoms with E-state index in [9.17, 15) is 9.59 Å². The van der Waals surface area contributed by atoms with Gasteiger partial charge in [0.1, 0.15) is 11.3 Å². The number of hydrogen-bond donors (Lipinski definition) is 4. The number of pyridine rings is 2. The normalized spacial score (nSPS) is 11.6. The maximum atomic E-state index is 12.0. The number of aromatic amines is 2. The molecule has 0 radical (unpaired) electrons. The number of Topliss-reactive ketones (excluding diaryl/α,β-unsaturated/α-hetero) is 1. The number of aliphatic carboxylic acids is 1. The average Bonchev–Trinajstić information content (AvgIpc) is 4.14. The predicted molar refractivity (Wildman–Crippen MR) is 252 cm³/mol. The van der Waals surface area contributed by atoms with Gasteiger partial charge < -0.3 is 39.8 Å². The molecule has 0 fully saturated rings. The van der Waals surface area contributed by atoms with Gasteiger partial charge in [-0.15, -0.1) is 0 Å². The van der Waals surface area contributed by atoms with E-state index in [0.717, 1.165) is 104 Å². The first kappa shape index (κ1) is 45.9. The lowest BCUT2D eigenvalue weighted by molar-refractivity contribution is -0.130. The SMILES string of the molecule is NCCCCC(=S)CCc1ccnc2[nH]ccc12.O=C(C#Cc1ccc2c(c1)OCO2)CCCCCC(=S)CCc1ccnc2[nH]ccc12.O=C(O)C#Cc1ccc2c(c1)OCO2. The maximum absolute atomic E-state index is 12.0. The van der Waals surface area contributed by atoms with Crippen molar-refractivity contribution in [1.82, 2.24) is 19.9 Å². The van der Waals surface area contributed by atoms with Gasteiger partial charge in [-0.3, -0.25) is 4.79 Å². The minimum absolute atomic E-state index is 0.0338. The van der Waals surface area contributed by atoms with Crippen molar-refractivity contribution in [2.45, 2.75) is 77.0 Å². The molecule has 2 aromatic carbocycles. The van der Waals surface area contributed by atoms with Crippen LogP contribution in [-0.2, 0) is 22.4 Å². The number of nitrogens with one attached hydrogen (secondary N) is 2. The van der Waals surface area contributed by atoms with Gasteiger partial charge in [0, 0.05) is 59.0 Å². The fraction of sp³-hybridized carbons (Fsp3) is 0.306. The van der Waals surface area contributed by atoms with E-state index in [1.54, 1.807) is 24.3 Å². The maximum Gasteiger partial charge on any atom is 0.382 e. The number of benzene rings is 2. The number of aromatic nitrogens is 4. The van der Waals surface area contributed by atoms with Crippen molar-refractivity contribution in [3.63, 3.8) is 0 Å². The molecule has 0 saturated heterocycles. The van der Waals surface area contributed by atoms with Crippen LogP contribution in [0.2, 0.25) is 0 Å². The fourth-order valence-corrected chi connectivity index (χ4v) is 7.29. The van der Waals surface area contributed by atoms with Crippen LogP contribution in [0.15, 0.2) is 85.5 Å². The summed E-state index contributed by atoms with van der Waals surface area (Å²) in [5.74, 6) is 11.6. The molecular weight excluding hydrogens is 835 g/mol. The molecular formula is C49H49N5O7S2. The second-order valence-corrected chi connectivity index (χ2v) is 15.8. The highest BCUT2D eigenvalue weighted by Crippen LogP contribution is 2.33. The monoisotopic (exact) mass is 883 g/mol. The molecule has 0 saturated carbocycles. The van der Waals surface area contributed by atoms with Crippen LogP contribution in [0.4, 0.5) is 0 Å². The first-order valence-electron chi connectivity index (χ1n) is 20.9. The summed E-state index contributed by atoms with van der Waals surface area (Å²) in [6.45, 7) is 1.19. The summed E-state index contributed by atoms with van der Waals surface area (Å²) in [5.41, 5.74) is 11.3. The molecule has 0 atom stereocenters. The minimum atomic E-state index is -1.15. The van der Waals surface area contributed by atoms with Gasteiger partial charge in [0.2, 0.25) is 19.4 Å². The molecule has 0 amide bonds. The molecule has 14 heteroatoms. The summed E-state index contributed by atoms with van der Waals surface area (Å²) < 4.78 is 20.8. The van der Waals surface area contributed by atoms with Gasteiger partial charge >= 0.3 is 5.97 Å². The zero-order valence-corrected chi connectivity index (χ0v) is 36.5. The Hall–Kier alpha value is -6.58. The summed E-state index contributed by atoms with van der Waals surface area (Å²) in [6.07, 6.45) is 18.8. The summed E-state index contributed by atoms with van der Waals surface area (Å²) >= 11 is 11.0. The highest BCUT2D eigenvalue weighted by Gasteiger charge is 2.14. The lowest BCUT2D eigenvalue weighted by Crippen LogP contribution is -2.02. The molecule has 324 valence electrons. The Kier molecular flexibility index (Phi) is 17.6. The summed E-state index contributed by atoms with van der Waals surface area (Å²) in [7, 11) is 0. The van der Waals surface area contributed by atoms with Gasteiger partial charge in [0.25, 0.3) is 0 Å². The van der Waals surface area contributed by atoms with Crippen LogP contribution >= 0.6 is 24.4 Å². The van der Waals surface area contributed by atoms with Gasteiger partial charge in [0.15, 0.2) is 23.0 Å². The first-order chi connectivity index (χ1) is 30.7. The largest absolute Gasteiger partial charge is 0.472 e. The lowest BCUT2D eigenvalue weighted by Gasteiger charge is -2.05. The number of thiocarbonyl (C=S) groups is 2. The van der Waals surface area contributed by atoms with Gasteiger partial charge in [-0.05, 0) is 158 Å². The number of ketones is 1. The van der Waals surface area contributed by atoms with Gasteiger partial charge in [-0.2, -0.15) is 0 Å². The summed E-state index contributed by atoms with van der Waals surface area (Å²) in [6, 6.07) is 18.8. The third-order valence-corrected chi connectivity index (χ3v) is 10.9. The number of hydrogen-bond acceptors (Lipinski definition) is 11. The number of carbonyl (C=O) groups is 2. The molecule has 6 heterocycles. The van der Waals surface area contributed by atoms with Gasteiger partial charge in [-0.25, -0.2) is 14.8 Å². The van der Waals surface area contributed by atoms with Crippen LogP contribution in [0.1, 0.15) is 86.5 Å². The molecule has 2 aliphatic heterocycles. The first-order valence-corrected chi connectivity index (χ1v) is 21.7. The molecule has 8 rings (SSSR count). The lowest BCUT2D eigenvalue weighted by atomic mass is 10.0. The van der Waals surface area contributed by atoms with Crippen molar-refractivity contribution < 1.29 is 33.6 Å². The van der Waals surface area contributed by atoms with E-state index in [1.165, 1.54) is 21.9 Å². The number of carbonyl (C=O) groups excluding carboxylic acids is 1. The Morgan fingerprint density at radius 2 is 1.11 bits per heavy atom. The summed E-state index contributed by atoms with van der Waals surface area (Å²) in [5, 5.41) is 10.7. The number of fused-ring (bicyclic) bond motifs is 4. The van der Waals surface area contributed by atoms with Crippen LogP contribution in [0.5, 0.6) is 23.0 Å². The second kappa shape index (κ2) is 24.2. The summed E-state index contributed by atoms with van der Waals surface area (Å²) in [4.78, 5) is 39.3. The van der Waals surface area contributed by atoms with Gasteiger partial charge in [0.05, 0.1) is 0 Å². The number of H-pyrrole nitrogens is 2. The Morgan fingerprint density at radius 3 is 1.63 bits per heavy atom. The third kappa shape index (κ3) is 14.5. The van der Waals surface area contributed by atoms with Crippen LogP contribution < -0.4 is 24.7 Å². The van der Waals surface area contributed by atoms with E-state index in [-0.39, 0.29) is 19.4 Å². The number of rotatable bonds is 16. The standard InChI is InChI=1S/C25H24N2O3S.C14H19N3S.C10H6O4/c28-20(9-6-18-7-11-23-24(16-18)30-17-29-23)4-2-1-3-5-21(31)10-8-19-12-14-26-25-22(19)13-15-27-25;15-8-2-1-3-12(18)5-4-11-6-9-16-14-13(11)7-10-17-14;11-10(12)4-2-7-1-3-8-9(5-7)14-6-13-8/h7,11-16H,1-5,8,10,17H2,(H,26,27);6-7,9-10H,1-5,8,15H2,(H,16,17);1,3,5H,6H2,(H,11,12). The Morgan fingerprint density at radius 1 is 0.619 bits per heavy atom. The molecule has 5 N–H and O–H groups in total. The highest BCUT2D eigenvalue weighted by atomic mass is 32.1. The molecule has 4 aromatic heterocycles. The highest BCUT2D eigenvalue weighted by molar-refractivity contribution is 7.80. The Balaban J connectivity index is 0.000000174. The molecule has 0 unspecified atom stereocenters. The van der Waals surface area contributed by atoms with E-state index in [0.29, 0.717) is 35.0 Å². The van der Waals surface area contributed by atoms with E-state index >= 15 is 0 Å². The number of ether oxygens (including phenoxy) is 4. The molecule has 63 heavy (non-hydrogen) atoms. The van der Waals surface area contributed by atoms with Crippen molar-refractivity contribution in [1.29, 1.82) is 0 Å². The molecule has 0 spiro atoms. The van der Waals surface area contributed by atoms with Crippen LogP contribution in [-0.4, -0.2) is 66.7 Å².